The van der Waals surface area contributed by atoms with Crippen molar-refractivity contribution in [2.24, 2.45) is 5.10 Å². The molecule has 0 radical (unpaired) electrons. The van der Waals surface area contributed by atoms with Gasteiger partial charge in [-0.2, -0.15) is 5.10 Å². The van der Waals surface area contributed by atoms with Gasteiger partial charge in [0.05, 0.1) is 13.3 Å². The predicted octanol–water partition coefficient (Wildman–Crippen LogP) is 2.94. The van der Waals surface area contributed by atoms with Gasteiger partial charge in [-0.05, 0) is 29.8 Å². The average Bonchev–Trinajstić information content (AvgIpc) is 2.99. The van der Waals surface area contributed by atoms with Crippen LogP contribution in [-0.4, -0.2) is 24.2 Å². The van der Waals surface area contributed by atoms with Crippen LogP contribution < -0.4 is 10.2 Å². The summed E-state index contributed by atoms with van der Waals surface area (Å²) in [6.45, 7) is 0. The number of rotatable bonds is 4. The van der Waals surface area contributed by atoms with Crippen molar-refractivity contribution in [1.82, 2.24) is 10.4 Å². The first kappa shape index (κ1) is 13.9. The Bertz CT molecular complexity index is 804. The lowest BCUT2D eigenvalue weighted by molar-refractivity contribution is 0.0951. The zero-order valence-electron chi connectivity index (χ0n) is 12.0. The molecule has 0 aliphatic heterocycles. The Morgan fingerprint density at radius 1 is 1.18 bits per heavy atom. The topological polar surface area (TPSA) is 66.5 Å². The van der Waals surface area contributed by atoms with Crippen LogP contribution in [0.25, 0.3) is 10.9 Å². The molecule has 2 aromatic carbocycles. The van der Waals surface area contributed by atoms with Gasteiger partial charge in [-0.25, -0.2) is 5.43 Å². The van der Waals surface area contributed by atoms with E-state index in [1.165, 1.54) is 0 Å². The lowest BCUT2D eigenvalue weighted by atomic mass is 10.2. The summed E-state index contributed by atoms with van der Waals surface area (Å²) in [6, 6.07) is 16.9. The second kappa shape index (κ2) is 6.13. The highest BCUT2D eigenvalue weighted by molar-refractivity contribution is 5.98. The molecule has 2 N–H and O–H groups in total. The van der Waals surface area contributed by atoms with Gasteiger partial charge in [0.1, 0.15) is 11.4 Å². The summed E-state index contributed by atoms with van der Waals surface area (Å²) in [4.78, 5) is 15.1. The molecule has 0 spiro atoms. The van der Waals surface area contributed by atoms with Crippen molar-refractivity contribution >= 4 is 23.0 Å². The van der Waals surface area contributed by atoms with Crippen LogP contribution in [0.15, 0.2) is 59.7 Å². The number of amides is 1. The zero-order valence-corrected chi connectivity index (χ0v) is 12.0. The number of hydrogen-bond donors (Lipinski definition) is 2. The minimum atomic E-state index is -0.282. The van der Waals surface area contributed by atoms with Crippen molar-refractivity contribution in [3.63, 3.8) is 0 Å². The van der Waals surface area contributed by atoms with E-state index in [2.05, 4.69) is 15.5 Å². The number of nitrogens with zero attached hydrogens (tertiary/aromatic N) is 1. The standard InChI is InChI=1S/C17H15N3O2/c1-22-14-7-4-5-12(9-14)11-18-20-17(21)16-10-13-6-2-3-8-15(13)19-16/h2-11,19H,1H3,(H,20,21). The third kappa shape index (κ3) is 2.98. The van der Waals surface area contributed by atoms with E-state index in [0.29, 0.717) is 5.69 Å². The SMILES string of the molecule is COc1cccc(C=NNC(=O)c2cc3ccccc3[nH]2)c1. The molecule has 110 valence electrons. The van der Waals surface area contributed by atoms with Gasteiger partial charge in [0.25, 0.3) is 5.91 Å². The summed E-state index contributed by atoms with van der Waals surface area (Å²) in [5, 5.41) is 4.95. The molecule has 1 amide bonds. The molecule has 0 bridgehead atoms. The van der Waals surface area contributed by atoms with Crippen LogP contribution in [0.4, 0.5) is 0 Å². The number of carbonyl (C=O) groups excluding carboxylic acids is 1. The molecule has 0 saturated heterocycles. The first-order chi connectivity index (χ1) is 10.8. The third-order valence-electron chi connectivity index (χ3n) is 3.25. The van der Waals surface area contributed by atoms with Gasteiger partial charge in [0.2, 0.25) is 0 Å². The number of hydrogen-bond acceptors (Lipinski definition) is 3. The number of methoxy groups -OCH3 is 1. The number of fused-ring (bicyclic) bond motifs is 1. The van der Waals surface area contributed by atoms with Crippen LogP contribution >= 0.6 is 0 Å². The van der Waals surface area contributed by atoms with E-state index in [1.54, 1.807) is 19.4 Å². The Morgan fingerprint density at radius 3 is 2.86 bits per heavy atom. The van der Waals surface area contributed by atoms with Crippen molar-refractivity contribution in [3.05, 3.63) is 65.9 Å². The van der Waals surface area contributed by atoms with Gasteiger partial charge in [0.15, 0.2) is 0 Å². The Morgan fingerprint density at radius 2 is 2.05 bits per heavy atom. The molecule has 1 heterocycles. The van der Waals surface area contributed by atoms with E-state index >= 15 is 0 Å². The van der Waals surface area contributed by atoms with Crippen molar-refractivity contribution in [2.45, 2.75) is 0 Å². The van der Waals surface area contributed by atoms with Crippen LogP contribution in [0, 0.1) is 0 Å². The third-order valence-corrected chi connectivity index (χ3v) is 3.25. The van der Waals surface area contributed by atoms with Crippen molar-refractivity contribution in [3.8, 4) is 5.75 Å². The second-order valence-electron chi connectivity index (χ2n) is 4.75. The minimum Gasteiger partial charge on any atom is -0.497 e. The van der Waals surface area contributed by atoms with E-state index in [0.717, 1.165) is 22.2 Å². The van der Waals surface area contributed by atoms with E-state index in [4.69, 9.17) is 4.74 Å². The number of H-pyrrole nitrogens is 1. The number of nitrogens with one attached hydrogen (secondary N) is 2. The number of ether oxygens (including phenoxy) is 1. The highest BCUT2D eigenvalue weighted by Crippen LogP contribution is 2.14. The normalized spacial score (nSPS) is 11.0. The molecule has 0 aliphatic carbocycles. The Labute approximate surface area is 127 Å². The summed E-state index contributed by atoms with van der Waals surface area (Å²) in [5.74, 6) is 0.459. The highest BCUT2D eigenvalue weighted by Gasteiger charge is 2.07. The molecule has 0 fully saturated rings. The van der Waals surface area contributed by atoms with Crippen LogP contribution in [0.3, 0.4) is 0 Å². The molecule has 22 heavy (non-hydrogen) atoms. The van der Waals surface area contributed by atoms with Crippen LogP contribution in [0.1, 0.15) is 16.1 Å². The quantitative estimate of drug-likeness (QED) is 0.573. The maximum Gasteiger partial charge on any atom is 0.287 e. The van der Waals surface area contributed by atoms with Gasteiger partial charge >= 0.3 is 0 Å². The van der Waals surface area contributed by atoms with E-state index < -0.39 is 0 Å². The van der Waals surface area contributed by atoms with E-state index in [1.807, 2.05) is 48.5 Å². The van der Waals surface area contributed by atoms with Crippen molar-refractivity contribution < 1.29 is 9.53 Å². The van der Waals surface area contributed by atoms with Crippen LogP contribution in [0.5, 0.6) is 5.75 Å². The fraction of sp³-hybridized carbons (Fsp3) is 0.0588. The average molecular weight is 293 g/mol. The maximum absolute atomic E-state index is 12.0. The zero-order chi connectivity index (χ0) is 15.4. The Balaban J connectivity index is 1.70. The molecular formula is C17H15N3O2. The summed E-state index contributed by atoms with van der Waals surface area (Å²) >= 11 is 0. The lowest BCUT2D eigenvalue weighted by Crippen LogP contribution is -2.17. The highest BCUT2D eigenvalue weighted by atomic mass is 16.5. The molecule has 1 aromatic heterocycles. The first-order valence-corrected chi connectivity index (χ1v) is 6.81. The van der Waals surface area contributed by atoms with Crippen molar-refractivity contribution in [2.75, 3.05) is 7.11 Å². The smallest absolute Gasteiger partial charge is 0.287 e. The Hall–Kier alpha value is -3.08. The number of benzene rings is 2. The number of hydrazone groups is 1. The first-order valence-electron chi connectivity index (χ1n) is 6.81. The van der Waals surface area contributed by atoms with Crippen molar-refractivity contribution in [1.29, 1.82) is 0 Å². The number of carbonyl (C=O) groups is 1. The molecule has 0 saturated carbocycles. The Kier molecular flexibility index (Phi) is 3.87. The monoisotopic (exact) mass is 293 g/mol. The second-order valence-corrected chi connectivity index (χ2v) is 4.75. The largest absolute Gasteiger partial charge is 0.497 e. The lowest BCUT2D eigenvalue weighted by Gasteiger charge is -2.00. The summed E-state index contributed by atoms with van der Waals surface area (Å²) in [6.07, 6.45) is 1.57. The summed E-state index contributed by atoms with van der Waals surface area (Å²) in [7, 11) is 1.61. The summed E-state index contributed by atoms with van der Waals surface area (Å²) in [5.41, 5.74) is 4.74. The van der Waals surface area contributed by atoms with Crippen LogP contribution in [-0.2, 0) is 0 Å². The fourth-order valence-corrected chi connectivity index (χ4v) is 2.14. The predicted molar refractivity (Wildman–Crippen MR) is 86.4 cm³/mol. The number of para-hydroxylation sites is 1. The fourth-order valence-electron chi connectivity index (χ4n) is 2.14. The van der Waals surface area contributed by atoms with Gasteiger partial charge in [-0.3, -0.25) is 4.79 Å². The molecule has 5 heteroatoms. The molecule has 0 aliphatic rings. The molecule has 3 rings (SSSR count). The van der Waals surface area contributed by atoms with Gasteiger partial charge in [-0.1, -0.05) is 30.3 Å². The summed E-state index contributed by atoms with van der Waals surface area (Å²) < 4.78 is 5.13. The van der Waals surface area contributed by atoms with Gasteiger partial charge < -0.3 is 9.72 Å². The van der Waals surface area contributed by atoms with E-state index in [-0.39, 0.29) is 5.91 Å². The number of aromatic amines is 1. The molecule has 3 aromatic rings. The van der Waals surface area contributed by atoms with E-state index in [9.17, 15) is 4.79 Å². The minimum absolute atomic E-state index is 0.282. The molecule has 0 atom stereocenters. The maximum atomic E-state index is 12.0. The van der Waals surface area contributed by atoms with Gasteiger partial charge in [-0.15, -0.1) is 0 Å². The molecule has 5 nitrogen and oxygen atoms in total. The molecular weight excluding hydrogens is 278 g/mol. The number of aromatic nitrogens is 1. The molecule has 0 unspecified atom stereocenters. The van der Waals surface area contributed by atoms with Gasteiger partial charge in [0, 0.05) is 10.9 Å². The van der Waals surface area contributed by atoms with Crippen LogP contribution in [0.2, 0.25) is 0 Å².